The topological polar surface area (TPSA) is 62.4 Å². The Morgan fingerprint density at radius 1 is 1.27 bits per heavy atom. The third kappa shape index (κ3) is 8.59. The van der Waals surface area contributed by atoms with Gasteiger partial charge in [-0.25, -0.2) is 4.79 Å². The summed E-state index contributed by atoms with van der Waals surface area (Å²) in [6.07, 6.45) is 4.66. The van der Waals surface area contributed by atoms with Crippen molar-refractivity contribution in [2.75, 3.05) is 13.1 Å². The molecule has 1 rings (SSSR count). The summed E-state index contributed by atoms with van der Waals surface area (Å²) < 4.78 is 5.31. The van der Waals surface area contributed by atoms with Crippen molar-refractivity contribution in [1.82, 2.24) is 16.0 Å². The van der Waals surface area contributed by atoms with Crippen LogP contribution in [0.3, 0.4) is 0 Å². The molecule has 5 heteroatoms. The van der Waals surface area contributed by atoms with E-state index in [0.717, 1.165) is 19.5 Å². The summed E-state index contributed by atoms with van der Waals surface area (Å²) in [5.41, 5.74) is -0.801. The van der Waals surface area contributed by atoms with Crippen molar-refractivity contribution in [1.29, 1.82) is 0 Å². The van der Waals surface area contributed by atoms with E-state index in [1.165, 1.54) is 19.3 Å². The minimum absolute atomic E-state index is 0.337. The monoisotopic (exact) mass is 313 g/mol. The zero-order valence-corrected chi connectivity index (χ0v) is 15.2. The maximum Gasteiger partial charge on any atom is 0.408 e. The highest BCUT2D eigenvalue weighted by molar-refractivity contribution is 5.68. The van der Waals surface area contributed by atoms with Gasteiger partial charge in [0, 0.05) is 18.6 Å². The first-order valence-electron chi connectivity index (χ1n) is 8.55. The Morgan fingerprint density at radius 2 is 1.95 bits per heavy atom. The molecule has 22 heavy (non-hydrogen) atoms. The van der Waals surface area contributed by atoms with Crippen LogP contribution in [-0.4, -0.2) is 42.4 Å². The lowest BCUT2D eigenvalue weighted by Crippen LogP contribution is -2.53. The van der Waals surface area contributed by atoms with Crippen molar-refractivity contribution in [2.45, 2.75) is 90.4 Å². The number of hydrogen-bond donors (Lipinski definition) is 3. The first-order chi connectivity index (χ1) is 10.1. The molecule has 0 aromatic carbocycles. The molecule has 5 nitrogen and oxygen atoms in total. The first kappa shape index (κ1) is 19.2. The molecule has 0 saturated carbocycles. The fourth-order valence-electron chi connectivity index (χ4n) is 2.69. The number of carbonyl (C=O) groups excluding carboxylic acids is 1. The maximum absolute atomic E-state index is 11.9. The summed E-state index contributed by atoms with van der Waals surface area (Å²) in [4.78, 5) is 11.9. The van der Waals surface area contributed by atoms with E-state index in [9.17, 15) is 4.79 Å². The highest BCUT2D eigenvalue weighted by Crippen LogP contribution is 2.13. The number of piperidine rings is 1. The second kappa shape index (κ2) is 8.16. The lowest BCUT2D eigenvalue weighted by atomic mass is 9.98. The van der Waals surface area contributed by atoms with Gasteiger partial charge in [0.05, 0.1) is 5.54 Å². The van der Waals surface area contributed by atoms with Crippen LogP contribution in [-0.2, 0) is 4.74 Å². The van der Waals surface area contributed by atoms with Crippen LogP contribution < -0.4 is 16.0 Å². The van der Waals surface area contributed by atoms with E-state index in [4.69, 9.17) is 4.74 Å². The van der Waals surface area contributed by atoms with E-state index >= 15 is 0 Å². The number of amides is 1. The third-order valence-corrected chi connectivity index (χ3v) is 3.78. The SMILES string of the molecule is CC(CC1CCCCN1)NCC(C)(C)NC(=O)OC(C)(C)C. The van der Waals surface area contributed by atoms with Gasteiger partial charge in [0.2, 0.25) is 0 Å². The van der Waals surface area contributed by atoms with Gasteiger partial charge in [0.25, 0.3) is 0 Å². The molecule has 1 aliphatic heterocycles. The molecular formula is C17H35N3O2. The van der Waals surface area contributed by atoms with E-state index in [1.807, 2.05) is 34.6 Å². The third-order valence-electron chi connectivity index (χ3n) is 3.78. The standard InChI is InChI=1S/C17H35N3O2/c1-13(11-14-9-7-8-10-18-14)19-12-17(5,6)20-15(21)22-16(2,3)4/h13-14,18-19H,7-12H2,1-6H3,(H,20,21). The van der Waals surface area contributed by atoms with E-state index in [-0.39, 0.29) is 11.6 Å². The molecule has 1 amide bonds. The summed E-state index contributed by atoms with van der Waals surface area (Å²) in [7, 11) is 0. The molecule has 2 atom stereocenters. The van der Waals surface area contributed by atoms with Gasteiger partial charge in [-0.3, -0.25) is 0 Å². The van der Waals surface area contributed by atoms with Crippen molar-refractivity contribution in [3.05, 3.63) is 0 Å². The molecule has 3 N–H and O–H groups in total. The summed E-state index contributed by atoms with van der Waals surface area (Å²) in [5.74, 6) is 0. The smallest absolute Gasteiger partial charge is 0.408 e. The van der Waals surface area contributed by atoms with Gasteiger partial charge in [0.1, 0.15) is 5.60 Å². The van der Waals surface area contributed by atoms with Gasteiger partial charge in [0.15, 0.2) is 0 Å². The molecule has 0 spiro atoms. The fraction of sp³-hybridized carbons (Fsp3) is 0.941. The predicted molar refractivity (Wildman–Crippen MR) is 91.2 cm³/mol. The summed E-state index contributed by atoms with van der Waals surface area (Å²) in [6.45, 7) is 13.7. The van der Waals surface area contributed by atoms with Crippen molar-refractivity contribution in [3.8, 4) is 0 Å². The quantitative estimate of drug-likeness (QED) is 0.705. The van der Waals surface area contributed by atoms with E-state index in [2.05, 4.69) is 22.9 Å². The molecule has 0 radical (unpaired) electrons. The second-order valence-corrected chi connectivity index (χ2v) is 8.18. The molecule has 1 aliphatic rings. The molecule has 1 heterocycles. The van der Waals surface area contributed by atoms with Crippen molar-refractivity contribution in [3.63, 3.8) is 0 Å². The Labute approximate surface area is 135 Å². The number of carbonyl (C=O) groups is 1. The number of alkyl carbamates (subject to hydrolysis) is 1. The Morgan fingerprint density at radius 3 is 2.50 bits per heavy atom. The maximum atomic E-state index is 11.9. The molecular weight excluding hydrogens is 278 g/mol. The minimum atomic E-state index is -0.465. The van der Waals surface area contributed by atoms with Gasteiger partial charge in [-0.05, 0) is 67.3 Å². The number of rotatable bonds is 6. The largest absolute Gasteiger partial charge is 0.444 e. The fourth-order valence-corrected chi connectivity index (χ4v) is 2.69. The van der Waals surface area contributed by atoms with Crippen molar-refractivity contribution in [2.24, 2.45) is 0 Å². The number of hydrogen-bond acceptors (Lipinski definition) is 4. The average molecular weight is 313 g/mol. The summed E-state index contributed by atoms with van der Waals surface area (Å²) in [5, 5.41) is 10.0. The predicted octanol–water partition coefficient (Wildman–Crippen LogP) is 2.80. The van der Waals surface area contributed by atoms with Gasteiger partial charge >= 0.3 is 6.09 Å². The zero-order chi connectivity index (χ0) is 16.8. The van der Waals surface area contributed by atoms with Crippen LogP contribution >= 0.6 is 0 Å². The van der Waals surface area contributed by atoms with E-state index in [0.29, 0.717) is 12.1 Å². The van der Waals surface area contributed by atoms with Crippen molar-refractivity contribution >= 4 is 6.09 Å². The van der Waals surface area contributed by atoms with Crippen LogP contribution in [0.5, 0.6) is 0 Å². The molecule has 0 aliphatic carbocycles. The highest BCUT2D eigenvalue weighted by Gasteiger charge is 2.25. The average Bonchev–Trinajstić information content (AvgIpc) is 2.34. The van der Waals surface area contributed by atoms with Crippen LogP contribution in [0.15, 0.2) is 0 Å². The van der Waals surface area contributed by atoms with Crippen molar-refractivity contribution < 1.29 is 9.53 Å². The molecule has 0 aromatic rings. The summed E-state index contributed by atoms with van der Waals surface area (Å²) in [6, 6.07) is 1.05. The molecule has 0 aromatic heterocycles. The van der Waals surface area contributed by atoms with Crippen LogP contribution in [0.4, 0.5) is 4.79 Å². The molecule has 0 bridgehead atoms. The normalized spacial score (nSPS) is 21.3. The van der Waals surface area contributed by atoms with E-state index in [1.54, 1.807) is 0 Å². The molecule has 1 saturated heterocycles. The van der Waals surface area contributed by atoms with Gasteiger partial charge in [-0.2, -0.15) is 0 Å². The first-order valence-corrected chi connectivity index (χ1v) is 8.55. The van der Waals surface area contributed by atoms with Crippen LogP contribution in [0, 0.1) is 0 Å². The zero-order valence-electron chi connectivity index (χ0n) is 15.2. The van der Waals surface area contributed by atoms with Gasteiger partial charge < -0.3 is 20.7 Å². The Hall–Kier alpha value is -0.810. The van der Waals surface area contributed by atoms with Crippen LogP contribution in [0.25, 0.3) is 0 Å². The van der Waals surface area contributed by atoms with E-state index < -0.39 is 5.60 Å². The Bertz CT molecular complexity index is 344. The number of ether oxygens (including phenoxy) is 1. The summed E-state index contributed by atoms with van der Waals surface area (Å²) >= 11 is 0. The molecule has 2 unspecified atom stereocenters. The van der Waals surface area contributed by atoms with Crippen LogP contribution in [0.2, 0.25) is 0 Å². The molecule has 130 valence electrons. The highest BCUT2D eigenvalue weighted by atomic mass is 16.6. The van der Waals surface area contributed by atoms with Crippen LogP contribution in [0.1, 0.15) is 67.2 Å². The molecule has 1 fully saturated rings. The Balaban J connectivity index is 2.29. The Kier molecular flexibility index (Phi) is 7.13. The second-order valence-electron chi connectivity index (χ2n) is 8.18. The van der Waals surface area contributed by atoms with Gasteiger partial charge in [-0.1, -0.05) is 6.42 Å². The lowest BCUT2D eigenvalue weighted by Gasteiger charge is -2.31. The number of nitrogens with one attached hydrogen (secondary N) is 3. The lowest BCUT2D eigenvalue weighted by molar-refractivity contribution is 0.0470. The minimum Gasteiger partial charge on any atom is -0.444 e. The van der Waals surface area contributed by atoms with Gasteiger partial charge in [-0.15, -0.1) is 0 Å².